The summed E-state index contributed by atoms with van der Waals surface area (Å²) >= 11 is 6.04. The zero-order valence-electron chi connectivity index (χ0n) is 12.4. The molecule has 2 aromatic rings. The minimum atomic E-state index is -0.0192. The molecule has 0 saturated carbocycles. The minimum absolute atomic E-state index is 0. The van der Waals surface area contributed by atoms with Gasteiger partial charge in [-0.1, -0.05) is 41.9 Å². The molecule has 0 saturated heterocycles. The number of benzene rings is 2. The van der Waals surface area contributed by atoms with Gasteiger partial charge in [0.15, 0.2) is 5.78 Å². The normalized spacial score (nSPS) is 9.91. The average molecular weight is 339 g/mol. The highest BCUT2D eigenvalue weighted by atomic mass is 35.5. The number of halogens is 2. The van der Waals surface area contributed by atoms with Crippen LogP contribution in [-0.2, 0) is 0 Å². The highest BCUT2D eigenvalue weighted by molar-refractivity contribution is 6.31. The van der Waals surface area contributed by atoms with Gasteiger partial charge in [0.2, 0.25) is 0 Å². The summed E-state index contributed by atoms with van der Waals surface area (Å²) in [6.07, 6.45) is 0.984. The Morgan fingerprint density at radius 3 is 2.50 bits per heavy atom. The predicted molar refractivity (Wildman–Crippen MR) is 95.6 cm³/mol. The van der Waals surface area contributed by atoms with E-state index in [1.807, 2.05) is 43.4 Å². The summed E-state index contributed by atoms with van der Waals surface area (Å²) < 4.78 is 0. The quantitative estimate of drug-likeness (QED) is 0.591. The maximum atomic E-state index is 12.6. The monoisotopic (exact) mass is 338 g/mol. The van der Waals surface area contributed by atoms with Crippen LogP contribution in [0.15, 0.2) is 48.5 Å². The Balaban J connectivity index is 0.00000242. The van der Waals surface area contributed by atoms with Crippen molar-refractivity contribution in [2.24, 2.45) is 0 Å². The molecule has 0 unspecified atom stereocenters. The van der Waals surface area contributed by atoms with Gasteiger partial charge >= 0.3 is 0 Å². The average Bonchev–Trinajstić information content (AvgIpc) is 2.53. The van der Waals surface area contributed by atoms with Crippen molar-refractivity contribution < 1.29 is 4.79 Å². The lowest BCUT2D eigenvalue weighted by Crippen LogP contribution is -2.14. The van der Waals surface area contributed by atoms with E-state index in [-0.39, 0.29) is 18.2 Å². The van der Waals surface area contributed by atoms with E-state index in [9.17, 15) is 4.79 Å². The SMILES string of the molecule is CNCCCNc1ccc(Cl)cc1C(=O)c1ccccc1.Cl. The van der Waals surface area contributed by atoms with E-state index < -0.39 is 0 Å². The van der Waals surface area contributed by atoms with E-state index in [1.54, 1.807) is 12.1 Å². The van der Waals surface area contributed by atoms with Crippen LogP contribution in [0.25, 0.3) is 0 Å². The second-order valence-corrected chi connectivity index (χ2v) is 5.21. The van der Waals surface area contributed by atoms with Gasteiger partial charge in [0.25, 0.3) is 0 Å². The largest absolute Gasteiger partial charge is 0.384 e. The molecule has 0 aliphatic carbocycles. The number of nitrogens with one attached hydrogen (secondary N) is 2. The number of rotatable bonds is 7. The number of hydrogen-bond acceptors (Lipinski definition) is 3. The van der Waals surface area contributed by atoms with Gasteiger partial charge in [0.05, 0.1) is 0 Å². The second-order valence-electron chi connectivity index (χ2n) is 4.77. The van der Waals surface area contributed by atoms with E-state index in [0.29, 0.717) is 16.1 Å². The third-order valence-electron chi connectivity index (χ3n) is 3.18. The lowest BCUT2D eigenvalue weighted by atomic mass is 10.0. The van der Waals surface area contributed by atoms with Crippen molar-refractivity contribution in [1.82, 2.24) is 5.32 Å². The predicted octanol–water partition coefficient (Wildman–Crippen LogP) is 4.01. The Bertz CT molecular complexity index is 603. The molecule has 3 nitrogen and oxygen atoms in total. The number of anilines is 1. The molecule has 118 valence electrons. The number of hydrogen-bond donors (Lipinski definition) is 2. The fraction of sp³-hybridized carbons (Fsp3) is 0.235. The molecule has 2 rings (SSSR count). The molecular weight excluding hydrogens is 319 g/mol. The van der Waals surface area contributed by atoms with Crippen LogP contribution < -0.4 is 10.6 Å². The maximum absolute atomic E-state index is 12.6. The molecule has 2 aromatic carbocycles. The molecule has 2 N–H and O–H groups in total. The van der Waals surface area contributed by atoms with Gasteiger partial charge in [-0.15, -0.1) is 12.4 Å². The number of carbonyl (C=O) groups excluding carboxylic acids is 1. The van der Waals surface area contributed by atoms with Crippen LogP contribution >= 0.6 is 24.0 Å². The first kappa shape index (κ1) is 18.5. The van der Waals surface area contributed by atoms with Crippen molar-refractivity contribution >= 4 is 35.5 Å². The third-order valence-corrected chi connectivity index (χ3v) is 3.42. The summed E-state index contributed by atoms with van der Waals surface area (Å²) in [5.74, 6) is -0.0192. The zero-order chi connectivity index (χ0) is 15.1. The Hall–Kier alpha value is -1.55. The molecular formula is C17H20Cl2N2O. The second kappa shape index (κ2) is 9.46. The first-order valence-electron chi connectivity index (χ1n) is 7.00. The molecule has 0 radical (unpaired) electrons. The molecule has 0 aromatic heterocycles. The lowest BCUT2D eigenvalue weighted by molar-refractivity contribution is 0.103. The van der Waals surface area contributed by atoms with Crippen molar-refractivity contribution in [3.63, 3.8) is 0 Å². The molecule has 0 atom stereocenters. The standard InChI is InChI=1S/C17H19ClN2O.ClH/c1-19-10-5-11-20-16-9-8-14(18)12-15(16)17(21)13-6-3-2-4-7-13;/h2-4,6-9,12,19-20H,5,10-11H2,1H3;1H. The molecule has 0 fully saturated rings. The fourth-order valence-corrected chi connectivity index (χ4v) is 2.26. The van der Waals surface area contributed by atoms with Gasteiger partial charge in [0, 0.05) is 28.4 Å². The smallest absolute Gasteiger partial charge is 0.195 e. The van der Waals surface area contributed by atoms with Crippen LogP contribution in [0.2, 0.25) is 5.02 Å². The molecule has 0 spiro atoms. The summed E-state index contributed by atoms with van der Waals surface area (Å²) in [5, 5.41) is 6.97. The van der Waals surface area contributed by atoms with Crippen molar-refractivity contribution in [2.45, 2.75) is 6.42 Å². The van der Waals surface area contributed by atoms with Gasteiger partial charge in [-0.3, -0.25) is 4.79 Å². The first-order valence-corrected chi connectivity index (χ1v) is 7.38. The molecule has 0 aliphatic heterocycles. The van der Waals surface area contributed by atoms with E-state index in [4.69, 9.17) is 11.6 Å². The topological polar surface area (TPSA) is 41.1 Å². The van der Waals surface area contributed by atoms with E-state index in [2.05, 4.69) is 10.6 Å². The maximum Gasteiger partial charge on any atom is 0.195 e. The molecule has 0 aliphatic rings. The number of ketones is 1. The van der Waals surface area contributed by atoms with Crippen LogP contribution in [0, 0.1) is 0 Å². The van der Waals surface area contributed by atoms with Gasteiger partial charge in [-0.25, -0.2) is 0 Å². The highest BCUT2D eigenvalue weighted by Gasteiger charge is 2.13. The van der Waals surface area contributed by atoms with Gasteiger partial charge in [-0.2, -0.15) is 0 Å². The van der Waals surface area contributed by atoms with Crippen LogP contribution in [0.1, 0.15) is 22.3 Å². The van der Waals surface area contributed by atoms with Gasteiger partial charge < -0.3 is 10.6 Å². The molecule has 22 heavy (non-hydrogen) atoms. The Morgan fingerprint density at radius 1 is 1.09 bits per heavy atom. The van der Waals surface area contributed by atoms with E-state index in [0.717, 1.165) is 25.2 Å². The van der Waals surface area contributed by atoms with Gasteiger partial charge in [-0.05, 0) is 38.2 Å². The van der Waals surface area contributed by atoms with Crippen molar-refractivity contribution in [1.29, 1.82) is 0 Å². The molecule has 0 bridgehead atoms. The first-order chi connectivity index (χ1) is 10.2. The lowest BCUT2D eigenvalue weighted by Gasteiger charge is -2.12. The Labute approximate surface area is 142 Å². The van der Waals surface area contributed by atoms with Crippen LogP contribution in [0.4, 0.5) is 5.69 Å². The third kappa shape index (κ3) is 5.02. The summed E-state index contributed by atoms with van der Waals surface area (Å²) in [7, 11) is 1.92. The molecule has 0 heterocycles. The Kier molecular flexibility index (Phi) is 7.96. The highest BCUT2D eigenvalue weighted by Crippen LogP contribution is 2.23. The van der Waals surface area contributed by atoms with E-state index in [1.165, 1.54) is 0 Å². The summed E-state index contributed by atoms with van der Waals surface area (Å²) in [6.45, 7) is 1.74. The van der Waals surface area contributed by atoms with Crippen molar-refractivity contribution in [2.75, 3.05) is 25.5 Å². The number of carbonyl (C=O) groups is 1. The Morgan fingerprint density at radius 2 is 1.82 bits per heavy atom. The van der Waals surface area contributed by atoms with E-state index >= 15 is 0 Å². The van der Waals surface area contributed by atoms with Gasteiger partial charge in [0.1, 0.15) is 0 Å². The summed E-state index contributed by atoms with van der Waals surface area (Å²) in [6, 6.07) is 14.6. The molecule has 0 amide bonds. The zero-order valence-corrected chi connectivity index (χ0v) is 14.0. The van der Waals surface area contributed by atoms with Crippen LogP contribution in [0.3, 0.4) is 0 Å². The van der Waals surface area contributed by atoms with Crippen molar-refractivity contribution in [3.8, 4) is 0 Å². The summed E-state index contributed by atoms with van der Waals surface area (Å²) in [4.78, 5) is 12.6. The molecule has 5 heteroatoms. The summed E-state index contributed by atoms with van der Waals surface area (Å²) in [5.41, 5.74) is 2.10. The van der Waals surface area contributed by atoms with Crippen molar-refractivity contribution in [3.05, 3.63) is 64.7 Å². The van der Waals surface area contributed by atoms with Crippen LogP contribution in [0.5, 0.6) is 0 Å². The minimum Gasteiger partial charge on any atom is -0.384 e. The fourth-order valence-electron chi connectivity index (χ4n) is 2.09. The van der Waals surface area contributed by atoms with Crippen LogP contribution in [-0.4, -0.2) is 25.9 Å².